The first kappa shape index (κ1) is 13.4. The van der Waals surface area contributed by atoms with Crippen molar-refractivity contribution in [1.29, 1.82) is 0 Å². The Morgan fingerprint density at radius 3 is 2.29 bits per heavy atom. The molecule has 5 nitrogen and oxygen atoms in total. The minimum Gasteiger partial charge on any atom is -0.396 e. The molecule has 0 aliphatic carbocycles. The lowest BCUT2D eigenvalue weighted by Crippen LogP contribution is -2.47. The Hall–Kier alpha value is -0.620. The summed E-state index contributed by atoms with van der Waals surface area (Å²) in [6, 6.07) is 0. The zero-order valence-electron chi connectivity index (χ0n) is 8.70. The maximum absolute atomic E-state index is 11.4. The third kappa shape index (κ3) is 3.26. The highest BCUT2D eigenvalue weighted by Gasteiger charge is 2.37. The summed E-state index contributed by atoms with van der Waals surface area (Å²) in [5.41, 5.74) is 0. The highest BCUT2D eigenvalue weighted by molar-refractivity contribution is 7.92. The van der Waals surface area contributed by atoms with Crippen molar-refractivity contribution in [3.8, 4) is 0 Å². The van der Waals surface area contributed by atoms with Gasteiger partial charge in [-0.25, -0.2) is 8.42 Å². The quantitative estimate of drug-likeness (QED) is 0.604. The Bertz CT molecular complexity index is 294. The number of carbonyl (C=O) groups excluding carboxylic acids is 1. The van der Waals surface area contributed by atoms with Crippen LogP contribution in [0, 0.1) is 0 Å². The monoisotopic (exact) mass is 223 g/mol. The zero-order chi connectivity index (χ0) is 11.4. The molecule has 1 amide bonds. The number of hydrogen-bond acceptors (Lipinski definition) is 4. The number of rotatable bonds is 5. The lowest BCUT2D eigenvalue weighted by Gasteiger charge is -2.21. The summed E-state index contributed by atoms with van der Waals surface area (Å²) in [6.07, 6.45) is 1.45. The first-order chi connectivity index (χ1) is 6.23. The van der Waals surface area contributed by atoms with E-state index in [1.807, 2.05) is 0 Å². The lowest BCUT2D eigenvalue weighted by molar-refractivity contribution is -0.122. The number of nitrogens with one attached hydrogen (secondary N) is 1. The summed E-state index contributed by atoms with van der Waals surface area (Å²) in [5.74, 6) is -0.534. The van der Waals surface area contributed by atoms with Crippen molar-refractivity contribution in [2.75, 3.05) is 19.4 Å². The molecule has 14 heavy (non-hydrogen) atoms. The van der Waals surface area contributed by atoms with E-state index in [9.17, 15) is 13.2 Å². The average Bonchev–Trinajstić information content (AvgIpc) is 2.02. The van der Waals surface area contributed by atoms with Crippen LogP contribution in [0.2, 0.25) is 0 Å². The lowest BCUT2D eigenvalue weighted by atomic mass is 10.2. The summed E-state index contributed by atoms with van der Waals surface area (Å²) < 4.78 is 21.0. The van der Waals surface area contributed by atoms with Gasteiger partial charge in [0.25, 0.3) is 0 Å². The van der Waals surface area contributed by atoms with Crippen LogP contribution in [-0.4, -0.2) is 43.6 Å². The van der Waals surface area contributed by atoms with E-state index in [1.54, 1.807) is 0 Å². The Kier molecular flexibility index (Phi) is 4.54. The van der Waals surface area contributed by atoms with E-state index < -0.39 is 20.5 Å². The molecule has 84 valence electrons. The standard InChI is InChI=1S/C8H17NO4S/c1-8(2,14(3,12)13)7(11)9-5-4-6-10/h10H,4-6H2,1-3H3,(H,9,11). The molecule has 0 heterocycles. The van der Waals surface area contributed by atoms with Crippen molar-refractivity contribution < 1.29 is 18.3 Å². The van der Waals surface area contributed by atoms with Crippen molar-refractivity contribution in [2.45, 2.75) is 25.0 Å². The van der Waals surface area contributed by atoms with Gasteiger partial charge >= 0.3 is 0 Å². The second-order valence-electron chi connectivity index (χ2n) is 3.62. The molecule has 2 N–H and O–H groups in total. The van der Waals surface area contributed by atoms with Gasteiger partial charge < -0.3 is 10.4 Å². The predicted molar refractivity (Wildman–Crippen MR) is 53.6 cm³/mol. The molecule has 0 radical (unpaired) electrons. The van der Waals surface area contributed by atoms with Crippen molar-refractivity contribution >= 4 is 15.7 Å². The number of amides is 1. The van der Waals surface area contributed by atoms with Crippen LogP contribution >= 0.6 is 0 Å². The van der Waals surface area contributed by atoms with E-state index >= 15 is 0 Å². The minimum atomic E-state index is -3.41. The van der Waals surface area contributed by atoms with Gasteiger partial charge in [0.15, 0.2) is 9.84 Å². The molecule has 0 fully saturated rings. The van der Waals surface area contributed by atoms with Gasteiger partial charge in [-0.3, -0.25) is 4.79 Å². The maximum atomic E-state index is 11.4. The average molecular weight is 223 g/mol. The van der Waals surface area contributed by atoms with E-state index in [0.29, 0.717) is 6.42 Å². The molecule has 0 aliphatic rings. The normalized spacial score (nSPS) is 12.6. The van der Waals surface area contributed by atoms with Crippen LogP contribution < -0.4 is 5.32 Å². The molecule has 0 saturated carbocycles. The molecular weight excluding hydrogens is 206 g/mol. The zero-order valence-corrected chi connectivity index (χ0v) is 9.52. The van der Waals surface area contributed by atoms with Gasteiger partial charge in [-0.2, -0.15) is 0 Å². The van der Waals surface area contributed by atoms with Crippen LogP contribution in [0.1, 0.15) is 20.3 Å². The molecule has 0 saturated heterocycles. The Labute approximate surface area is 84.4 Å². The SMILES string of the molecule is CC(C)(C(=O)NCCCO)S(C)(=O)=O. The summed E-state index contributed by atoms with van der Waals surface area (Å²) >= 11 is 0. The number of aliphatic hydroxyl groups is 1. The van der Waals surface area contributed by atoms with Crippen LogP contribution in [0.4, 0.5) is 0 Å². The predicted octanol–water partition coefficient (Wildman–Crippen LogP) is -0.692. The van der Waals surface area contributed by atoms with Crippen LogP contribution in [0.25, 0.3) is 0 Å². The molecule has 0 spiro atoms. The smallest absolute Gasteiger partial charge is 0.240 e. The second kappa shape index (κ2) is 4.75. The summed E-state index contributed by atoms with van der Waals surface area (Å²) in [5, 5.41) is 10.9. The third-order valence-electron chi connectivity index (χ3n) is 2.09. The van der Waals surface area contributed by atoms with E-state index in [0.717, 1.165) is 6.26 Å². The fourth-order valence-corrected chi connectivity index (χ4v) is 1.07. The van der Waals surface area contributed by atoms with Gasteiger partial charge in [-0.1, -0.05) is 0 Å². The molecule has 0 atom stereocenters. The van der Waals surface area contributed by atoms with Gasteiger partial charge in [-0.15, -0.1) is 0 Å². The van der Waals surface area contributed by atoms with Gasteiger partial charge in [0, 0.05) is 19.4 Å². The van der Waals surface area contributed by atoms with Crippen LogP contribution in [0.15, 0.2) is 0 Å². The molecular formula is C8H17NO4S. The summed E-state index contributed by atoms with van der Waals surface area (Å²) in [6.45, 7) is 2.97. The Morgan fingerprint density at radius 2 is 1.93 bits per heavy atom. The van der Waals surface area contributed by atoms with Crippen molar-refractivity contribution in [3.05, 3.63) is 0 Å². The Morgan fingerprint density at radius 1 is 1.43 bits per heavy atom. The first-order valence-electron chi connectivity index (χ1n) is 4.32. The van der Waals surface area contributed by atoms with Crippen LogP contribution in [-0.2, 0) is 14.6 Å². The minimum absolute atomic E-state index is 0.0282. The van der Waals surface area contributed by atoms with E-state index in [-0.39, 0.29) is 13.2 Å². The number of aliphatic hydroxyl groups excluding tert-OH is 1. The highest BCUT2D eigenvalue weighted by Crippen LogP contribution is 2.14. The van der Waals surface area contributed by atoms with E-state index in [1.165, 1.54) is 13.8 Å². The fraction of sp³-hybridized carbons (Fsp3) is 0.875. The largest absolute Gasteiger partial charge is 0.396 e. The molecule has 0 unspecified atom stereocenters. The maximum Gasteiger partial charge on any atom is 0.240 e. The molecule has 0 rings (SSSR count). The van der Waals surface area contributed by atoms with Crippen molar-refractivity contribution in [2.24, 2.45) is 0 Å². The number of hydrogen-bond donors (Lipinski definition) is 2. The van der Waals surface area contributed by atoms with Gasteiger partial charge in [0.05, 0.1) is 0 Å². The van der Waals surface area contributed by atoms with E-state index in [4.69, 9.17) is 5.11 Å². The van der Waals surface area contributed by atoms with Gasteiger partial charge in [-0.05, 0) is 20.3 Å². The number of carbonyl (C=O) groups is 1. The Balaban J connectivity index is 4.39. The van der Waals surface area contributed by atoms with Gasteiger partial charge in [0.1, 0.15) is 4.75 Å². The fourth-order valence-electron chi connectivity index (χ4n) is 0.662. The first-order valence-corrected chi connectivity index (χ1v) is 6.21. The summed E-state index contributed by atoms with van der Waals surface area (Å²) in [4.78, 5) is 11.4. The molecule has 0 aromatic carbocycles. The van der Waals surface area contributed by atoms with Crippen molar-refractivity contribution in [3.63, 3.8) is 0 Å². The molecule has 6 heteroatoms. The molecule has 0 aliphatic heterocycles. The highest BCUT2D eigenvalue weighted by atomic mass is 32.2. The number of sulfone groups is 1. The molecule has 0 aromatic rings. The second-order valence-corrected chi connectivity index (χ2v) is 6.18. The topological polar surface area (TPSA) is 83.5 Å². The molecule has 0 bridgehead atoms. The van der Waals surface area contributed by atoms with Crippen LogP contribution in [0.3, 0.4) is 0 Å². The summed E-state index contributed by atoms with van der Waals surface area (Å²) in [7, 11) is -3.41. The van der Waals surface area contributed by atoms with Crippen molar-refractivity contribution in [1.82, 2.24) is 5.32 Å². The van der Waals surface area contributed by atoms with Gasteiger partial charge in [0.2, 0.25) is 5.91 Å². The molecule has 0 aromatic heterocycles. The third-order valence-corrected chi connectivity index (χ3v) is 4.13. The van der Waals surface area contributed by atoms with Crippen LogP contribution in [0.5, 0.6) is 0 Å². The van der Waals surface area contributed by atoms with E-state index in [2.05, 4.69) is 5.32 Å².